The van der Waals surface area contributed by atoms with Crippen LogP contribution in [-0.2, 0) is 28.6 Å². The average molecular weight is 504 g/mol. The number of piperidine rings is 1. The highest BCUT2D eigenvalue weighted by Gasteiger charge is 2.29. The number of hydrogen-bond acceptors (Lipinski definition) is 4. The molecule has 2 aliphatic carbocycles. The highest BCUT2D eigenvalue weighted by molar-refractivity contribution is 7.83. The van der Waals surface area contributed by atoms with Gasteiger partial charge in [0.05, 0.1) is 4.90 Å². The Morgan fingerprint density at radius 2 is 1.57 bits per heavy atom. The predicted octanol–water partition coefficient (Wildman–Crippen LogP) is 4.64. The van der Waals surface area contributed by atoms with Gasteiger partial charge in [-0.25, -0.2) is 13.7 Å². The highest BCUT2D eigenvalue weighted by Crippen LogP contribution is 2.30. The largest absolute Gasteiger partial charge is 0.444 e. The van der Waals surface area contributed by atoms with E-state index in [4.69, 9.17) is 4.74 Å². The van der Waals surface area contributed by atoms with Gasteiger partial charge in [0, 0.05) is 30.7 Å². The van der Waals surface area contributed by atoms with Crippen LogP contribution in [0.3, 0.4) is 0 Å². The number of carbonyl (C=O) groups excluding carboxylic acids is 2. The van der Waals surface area contributed by atoms with Crippen molar-refractivity contribution >= 4 is 23.0 Å². The zero-order valence-corrected chi connectivity index (χ0v) is 22.3. The van der Waals surface area contributed by atoms with Crippen molar-refractivity contribution in [3.8, 4) is 0 Å². The lowest BCUT2D eigenvalue weighted by Gasteiger charge is -2.33. The molecule has 1 aromatic carbocycles. The summed E-state index contributed by atoms with van der Waals surface area (Å²) in [5.74, 6) is 0.0230. The van der Waals surface area contributed by atoms with Crippen molar-refractivity contribution in [3.63, 3.8) is 0 Å². The third-order valence-electron chi connectivity index (χ3n) is 7.30. The molecule has 2 amide bonds. The molecule has 194 valence electrons. The Balaban J connectivity index is 1.39. The molecular weight excluding hydrogens is 462 g/mol. The van der Waals surface area contributed by atoms with Gasteiger partial charge in [0.1, 0.15) is 16.6 Å². The predicted molar refractivity (Wildman–Crippen MR) is 138 cm³/mol. The molecule has 4 rings (SSSR count). The number of fused-ring (bicyclic) bond motifs is 1. The Morgan fingerprint density at radius 1 is 0.914 bits per heavy atom. The quantitative estimate of drug-likeness (QED) is 0.613. The Kier molecular flexibility index (Phi) is 8.53. The first-order valence-corrected chi connectivity index (χ1v) is 14.5. The maximum Gasteiger partial charge on any atom is 0.410 e. The van der Waals surface area contributed by atoms with Crippen LogP contribution < -0.4 is 10.0 Å². The number of carbonyl (C=O) groups is 2. The summed E-state index contributed by atoms with van der Waals surface area (Å²) >= 11 is 0. The lowest BCUT2D eigenvalue weighted by molar-refractivity contribution is 0.0203. The lowest BCUT2D eigenvalue weighted by Crippen LogP contribution is -2.46. The van der Waals surface area contributed by atoms with Gasteiger partial charge >= 0.3 is 6.09 Å². The summed E-state index contributed by atoms with van der Waals surface area (Å²) in [4.78, 5) is 28.0. The van der Waals surface area contributed by atoms with E-state index in [-0.39, 0.29) is 24.1 Å². The smallest absolute Gasteiger partial charge is 0.410 e. The zero-order chi connectivity index (χ0) is 25.0. The van der Waals surface area contributed by atoms with Gasteiger partial charge in [-0.1, -0.05) is 19.3 Å². The van der Waals surface area contributed by atoms with Crippen molar-refractivity contribution < 1.29 is 18.5 Å². The second kappa shape index (κ2) is 11.4. The van der Waals surface area contributed by atoms with E-state index in [2.05, 4.69) is 10.0 Å². The summed E-state index contributed by atoms with van der Waals surface area (Å²) in [6.45, 7) is 6.78. The molecule has 2 N–H and O–H groups in total. The fraction of sp³-hybridized carbons (Fsp3) is 0.704. The number of rotatable bonds is 5. The number of likely N-dealkylation sites (tertiary alicyclic amines) is 1. The highest BCUT2D eigenvalue weighted by atomic mass is 32.2. The molecule has 1 saturated heterocycles. The molecule has 1 saturated carbocycles. The molecule has 3 aliphatic rings. The monoisotopic (exact) mass is 503 g/mol. The normalized spacial score (nSPS) is 20.7. The SMILES string of the molecule is CC(C)(C)OC(=O)N1CCC(NS(=O)c2ccc(C(=O)NC3CCCCC3)c3c2CCCC3)CC1. The van der Waals surface area contributed by atoms with Crippen LogP contribution in [0.4, 0.5) is 4.79 Å². The molecule has 0 bridgehead atoms. The fourth-order valence-corrected chi connectivity index (χ4v) is 6.76. The number of nitrogens with one attached hydrogen (secondary N) is 2. The van der Waals surface area contributed by atoms with Crippen LogP contribution in [0.15, 0.2) is 17.0 Å². The van der Waals surface area contributed by atoms with E-state index in [0.29, 0.717) is 13.1 Å². The van der Waals surface area contributed by atoms with Crippen LogP contribution in [0.1, 0.15) is 100 Å². The van der Waals surface area contributed by atoms with Crippen LogP contribution in [0.25, 0.3) is 0 Å². The summed E-state index contributed by atoms with van der Waals surface area (Å²) < 4.78 is 22.2. The van der Waals surface area contributed by atoms with Crippen LogP contribution in [-0.4, -0.2) is 51.9 Å². The molecular formula is C27H41N3O4S. The summed E-state index contributed by atoms with van der Waals surface area (Å²) in [6, 6.07) is 4.11. The van der Waals surface area contributed by atoms with Crippen molar-refractivity contribution in [2.45, 2.75) is 114 Å². The minimum Gasteiger partial charge on any atom is -0.444 e. The van der Waals surface area contributed by atoms with E-state index in [1.54, 1.807) is 4.90 Å². The van der Waals surface area contributed by atoms with Crippen LogP contribution in [0.5, 0.6) is 0 Å². The number of hydrogen-bond donors (Lipinski definition) is 2. The van der Waals surface area contributed by atoms with Crippen LogP contribution >= 0.6 is 0 Å². The van der Waals surface area contributed by atoms with E-state index in [0.717, 1.165) is 73.0 Å². The van der Waals surface area contributed by atoms with Gasteiger partial charge in [-0.2, -0.15) is 0 Å². The Morgan fingerprint density at radius 3 is 2.23 bits per heavy atom. The van der Waals surface area contributed by atoms with E-state index in [1.807, 2.05) is 32.9 Å². The van der Waals surface area contributed by atoms with E-state index < -0.39 is 16.6 Å². The van der Waals surface area contributed by atoms with E-state index in [1.165, 1.54) is 19.3 Å². The lowest BCUT2D eigenvalue weighted by atomic mass is 9.87. The van der Waals surface area contributed by atoms with Gasteiger partial charge in [-0.3, -0.25) is 4.79 Å². The van der Waals surface area contributed by atoms with Gasteiger partial charge in [-0.05, 0) is 95.4 Å². The van der Waals surface area contributed by atoms with Gasteiger partial charge in [-0.15, -0.1) is 0 Å². The van der Waals surface area contributed by atoms with Crippen molar-refractivity contribution in [3.05, 3.63) is 28.8 Å². The molecule has 35 heavy (non-hydrogen) atoms. The molecule has 0 aromatic heterocycles. The Bertz CT molecular complexity index is 944. The standard InChI is InChI=1S/C27H41N3O4S/c1-27(2,3)34-26(32)30-17-15-20(16-18-30)29-35(33)24-14-13-23(21-11-7-8-12-22(21)24)25(31)28-19-9-5-4-6-10-19/h13-14,19-20,29H,4-12,15-18H2,1-3H3,(H,28,31). The zero-order valence-electron chi connectivity index (χ0n) is 21.5. The first kappa shape index (κ1) is 26.1. The molecule has 0 radical (unpaired) electrons. The Hall–Kier alpha value is -1.93. The van der Waals surface area contributed by atoms with Gasteiger partial charge in [0.2, 0.25) is 0 Å². The topological polar surface area (TPSA) is 87.7 Å². The van der Waals surface area contributed by atoms with E-state index in [9.17, 15) is 13.8 Å². The first-order valence-electron chi connectivity index (χ1n) is 13.3. The maximum absolute atomic E-state index is 13.4. The molecule has 1 aliphatic heterocycles. The molecule has 8 heteroatoms. The van der Waals surface area contributed by atoms with Gasteiger partial charge in [0.15, 0.2) is 0 Å². The van der Waals surface area contributed by atoms with Gasteiger partial charge in [0.25, 0.3) is 5.91 Å². The minimum atomic E-state index is -1.35. The molecule has 1 aromatic rings. The first-order chi connectivity index (χ1) is 16.7. The molecule has 0 spiro atoms. The number of nitrogens with zero attached hydrogens (tertiary/aromatic N) is 1. The maximum atomic E-state index is 13.4. The second-order valence-corrected chi connectivity index (χ2v) is 12.4. The van der Waals surface area contributed by atoms with Crippen molar-refractivity contribution in [2.75, 3.05) is 13.1 Å². The fourth-order valence-electron chi connectivity index (χ4n) is 5.45. The number of amides is 2. The van der Waals surface area contributed by atoms with Crippen LogP contribution in [0.2, 0.25) is 0 Å². The van der Waals surface area contributed by atoms with Crippen molar-refractivity contribution in [1.82, 2.24) is 14.9 Å². The molecule has 1 atom stereocenters. The van der Waals surface area contributed by atoms with Crippen LogP contribution in [0, 0.1) is 0 Å². The Labute approximate surface area is 212 Å². The summed E-state index contributed by atoms with van der Waals surface area (Å²) in [6.07, 6.45) is 10.8. The molecule has 1 unspecified atom stereocenters. The number of benzene rings is 1. The minimum absolute atomic E-state index is 0.0230. The summed E-state index contributed by atoms with van der Waals surface area (Å²) in [5.41, 5.74) is 2.42. The average Bonchev–Trinajstić information content (AvgIpc) is 2.83. The van der Waals surface area contributed by atoms with E-state index >= 15 is 0 Å². The third kappa shape index (κ3) is 6.85. The van der Waals surface area contributed by atoms with Gasteiger partial charge < -0.3 is 15.0 Å². The third-order valence-corrected chi connectivity index (χ3v) is 8.63. The molecule has 7 nitrogen and oxygen atoms in total. The summed E-state index contributed by atoms with van der Waals surface area (Å²) in [5, 5.41) is 3.25. The number of ether oxygens (including phenoxy) is 1. The summed E-state index contributed by atoms with van der Waals surface area (Å²) in [7, 11) is -1.35. The molecule has 2 fully saturated rings. The van der Waals surface area contributed by atoms with Crippen molar-refractivity contribution in [1.29, 1.82) is 0 Å². The van der Waals surface area contributed by atoms with Crippen molar-refractivity contribution in [2.24, 2.45) is 0 Å². The molecule has 1 heterocycles. The second-order valence-electron chi connectivity index (χ2n) is 11.2.